The molecule has 2 rings (SSSR count). The van der Waals surface area contributed by atoms with Gasteiger partial charge in [0, 0.05) is 0 Å². The second-order valence-corrected chi connectivity index (χ2v) is 3.65. The van der Waals surface area contributed by atoms with Crippen molar-refractivity contribution in [3.8, 4) is 5.75 Å². The van der Waals surface area contributed by atoms with E-state index < -0.39 is 0 Å². The molecular weight excluding hydrogens is 231 g/mol. The van der Waals surface area contributed by atoms with Gasteiger partial charge in [-0.15, -0.1) is 0 Å². The van der Waals surface area contributed by atoms with E-state index in [2.05, 4.69) is 10.5 Å². The Hall–Kier alpha value is -2.36. The molecule has 1 N–H and O–H groups in total. The Morgan fingerprint density at radius 1 is 1.06 bits per heavy atom. The predicted molar refractivity (Wildman–Crippen MR) is 70.6 cm³/mol. The fourth-order valence-corrected chi connectivity index (χ4v) is 1.40. The molecule has 0 fully saturated rings. The summed E-state index contributed by atoms with van der Waals surface area (Å²) in [5, 5.41) is 4.06. The lowest BCUT2D eigenvalue weighted by atomic mass is 10.2. The highest BCUT2D eigenvalue weighted by atomic mass is 19.1. The lowest BCUT2D eigenvalue weighted by Crippen LogP contribution is -1.91. The van der Waals surface area contributed by atoms with Crippen LogP contribution in [0.5, 0.6) is 5.75 Å². The fraction of sp³-hybridized carbons (Fsp3) is 0.0714. The van der Waals surface area contributed by atoms with Crippen LogP contribution < -0.4 is 10.2 Å². The van der Waals surface area contributed by atoms with Gasteiger partial charge in [-0.1, -0.05) is 0 Å². The molecule has 0 aliphatic rings. The van der Waals surface area contributed by atoms with Crippen molar-refractivity contribution in [2.75, 3.05) is 12.5 Å². The zero-order valence-corrected chi connectivity index (χ0v) is 9.93. The van der Waals surface area contributed by atoms with E-state index in [-0.39, 0.29) is 5.82 Å². The number of hydrazone groups is 1. The molecule has 2 aromatic carbocycles. The van der Waals surface area contributed by atoms with Crippen LogP contribution in [0.4, 0.5) is 10.1 Å². The van der Waals surface area contributed by atoms with Gasteiger partial charge in [-0.2, -0.15) is 5.10 Å². The smallest absolute Gasteiger partial charge is 0.123 e. The second-order valence-electron chi connectivity index (χ2n) is 3.65. The Morgan fingerprint density at radius 3 is 2.33 bits per heavy atom. The average Bonchev–Trinajstić information content (AvgIpc) is 2.42. The van der Waals surface area contributed by atoms with Crippen LogP contribution in [0.25, 0.3) is 0 Å². The molecule has 92 valence electrons. The molecule has 0 unspecified atom stereocenters. The molecule has 2 aromatic rings. The van der Waals surface area contributed by atoms with Gasteiger partial charge < -0.3 is 4.74 Å². The van der Waals surface area contributed by atoms with Crippen molar-refractivity contribution in [3.05, 3.63) is 59.9 Å². The van der Waals surface area contributed by atoms with Crippen molar-refractivity contribution in [2.45, 2.75) is 0 Å². The van der Waals surface area contributed by atoms with Gasteiger partial charge in [-0.05, 0) is 54.1 Å². The number of benzene rings is 2. The van der Waals surface area contributed by atoms with Gasteiger partial charge in [-0.3, -0.25) is 5.43 Å². The average molecular weight is 244 g/mol. The molecule has 0 atom stereocenters. The van der Waals surface area contributed by atoms with E-state index in [4.69, 9.17) is 4.74 Å². The molecule has 0 saturated carbocycles. The van der Waals surface area contributed by atoms with Crippen molar-refractivity contribution < 1.29 is 9.13 Å². The first kappa shape index (κ1) is 12.1. The monoisotopic (exact) mass is 244 g/mol. The third kappa shape index (κ3) is 3.31. The topological polar surface area (TPSA) is 33.6 Å². The summed E-state index contributed by atoms with van der Waals surface area (Å²) in [6.45, 7) is 0. The Bertz CT molecular complexity index is 520. The van der Waals surface area contributed by atoms with E-state index in [1.54, 1.807) is 25.5 Å². The van der Waals surface area contributed by atoms with E-state index in [1.165, 1.54) is 12.1 Å². The summed E-state index contributed by atoms with van der Waals surface area (Å²) in [6.07, 6.45) is 1.68. The molecule has 4 heteroatoms. The van der Waals surface area contributed by atoms with Gasteiger partial charge in [0.05, 0.1) is 19.0 Å². The van der Waals surface area contributed by atoms with Crippen LogP contribution in [-0.4, -0.2) is 13.3 Å². The summed E-state index contributed by atoms with van der Waals surface area (Å²) in [6, 6.07) is 13.5. The van der Waals surface area contributed by atoms with Crippen LogP contribution in [0.15, 0.2) is 53.6 Å². The predicted octanol–water partition coefficient (Wildman–Crippen LogP) is 3.28. The number of methoxy groups -OCH3 is 1. The zero-order chi connectivity index (χ0) is 12.8. The van der Waals surface area contributed by atoms with E-state index in [0.29, 0.717) is 0 Å². The van der Waals surface area contributed by atoms with Crippen molar-refractivity contribution in [3.63, 3.8) is 0 Å². The lowest BCUT2D eigenvalue weighted by Gasteiger charge is -2.00. The third-order valence-electron chi connectivity index (χ3n) is 2.37. The van der Waals surface area contributed by atoms with Gasteiger partial charge in [0.15, 0.2) is 0 Å². The number of nitrogens with zero attached hydrogens (tertiary/aromatic N) is 1. The van der Waals surface area contributed by atoms with Crippen molar-refractivity contribution in [1.29, 1.82) is 0 Å². The number of ether oxygens (including phenoxy) is 1. The Kier molecular flexibility index (Phi) is 3.91. The van der Waals surface area contributed by atoms with E-state index >= 15 is 0 Å². The summed E-state index contributed by atoms with van der Waals surface area (Å²) >= 11 is 0. The number of hydrogen-bond donors (Lipinski definition) is 1. The van der Waals surface area contributed by atoms with Crippen molar-refractivity contribution in [1.82, 2.24) is 0 Å². The number of halogens is 1. The minimum atomic E-state index is -0.264. The molecule has 0 aliphatic carbocycles. The molecule has 0 bridgehead atoms. The molecule has 0 aromatic heterocycles. The van der Waals surface area contributed by atoms with Crippen LogP contribution in [0.2, 0.25) is 0 Å². The second kappa shape index (κ2) is 5.82. The Labute approximate surface area is 105 Å². The highest BCUT2D eigenvalue weighted by Gasteiger charge is 1.92. The highest BCUT2D eigenvalue weighted by molar-refractivity contribution is 5.80. The molecule has 0 spiro atoms. The standard InChI is InChI=1S/C14H13FN2O/c1-18-14-8-2-11(3-9-14)10-16-17-13-6-4-12(15)5-7-13/h2-10,17H,1H3/b16-10-. The normalized spacial score (nSPS) is 10.6. The van der Waals surface area contributed by atoms with Crippen LogP contribution in [0, 0.1) is 5.82 Å². The Morgan fingerprint density at radius 2 is 1.72 bits per heavy atom. The van der Waals surface area contributed by atoms with Gasteiger partial charge in [0.25, 0.3) is 0 Å². The Balaban J connectivity index is 1.96. The maximum atomic E-state index is 12.7. The summed E-state index contributed by atoms with van der Waals surface area (Å²) < 4.78 is 17.7. The van der Waals surface area contributed by atoms with Gasteiger partial charge >= 0.3 is 0 Å². The van der Waals surface area contributed by atoms with Crippen LogP contribution in [-0.2, 0) is 0 Å². The molecule has 3 nitrogen and oxygen atoms in total. The SMILES string of the molecule is COc1ccc(/C=N\Nc2ccc(F)cc2)cc1. The molecule has 0 aliphatic heterocycles. The molecule has 0 heterocycles. The lowest BCUT2D eigenvalue weighted by molar-refractivity contribution is 0.415. The number of rotatable bonds is 4. The first-order chi connectivity index (χ1) is 8.78. The van der Waals surface area contributed by atoms with Crippen molar-refractivity contribution in [2.24, 2.45) is 5.10 Å². The number of nitrogens with one attached hydrogen (secondary N) is 1. The minimum Gasteiger partial charge on any atom is -0.497 e. The molecular formula is C14H13FN2O. The summed E-state index contributed by atoms with van der Waals surface area (Å²) in [4.78, 5) is 0. The van der Waals surface area contributed by atoms with E-state index in [1.807, 2.05) is 24.3 Å². The molecule has 0 saturated heterocycles. The van der Waals surface area contributed by atoms with E-state index in [9.17, 15) is 4.39 Å². The quantitative estimate of drug-likeness (QED) is 0.661. The van der Waals surface area contributed by atoms with Gasteiger partial charge in [0.2, 0.25) is 0 Å². The number of hydrogen-bond acceptors (Lipinski definition) is 3. The minimum absolute atomic E-state index is 0.264. The summed E-state index contributed by atoms with van der Waals surface area (Å²) in [7, 11) is 1.62. The van der Waals surface area contributed by atoms with Crippen LogP contribution >= 0.6 is 0 Å². The third-order valence-corrected chi connectivity index (χ3v) is 2.37. The highest BCUT2D eigenvalue weighted by Crippen LogP contribution is 2.10. The maximum absolute atomic E-state index is 12.7. The number of anilines is 1. The fourth-order valence-electron chi connectivity index (χ4n) is 1.40. The molecule has 0 radical (unpaired) electrons. The van der Waals surface area contributed by atoms with E-state index in [0.717, 1.165) is 17.0 Å². The summed E-state index contributed by atoms with van der Waals surface area (Å²) in [5.41, 5.74) is 4.51. The maximum Gasteiger partial charge on any atom is 0.123 e. The van der Waals surface area contributed by atoms with Crippen LogP contribution in [0.1, 0.15) is 5.56 Å². The van der Waals surface area contributed by atoms with Gasteiger partial charge in [0.1, 0.15) is 11.6 Å². The largest absolute Gasteiger partial charge is 0.497 e. The van der Waals surface area contributed by atoms with Crippen LogP contribution in [0.3, 0.4) is 0 Å². The summed E-state index contributed by atoms with van der Waals surface area (Å²) in [5.74, 6) is 0.540. The van der Waals surface area contributed by atoms with Gasteiger partial charge in [-0.25, -0.2) is 4.39 Å². The molecule has 0 amide bonds. The zero-order valence-electron chi connectivity index (χ0n) is 9.93. The first-order valence-corrected chi connectivity index (χ1v) is 5.46. The molecule has 18 heavy (non-hydrogen) atoms. The first-order valence-electron chi connectivity index (χ1n) is 5.46. The van der Waals surface area contributed by atoms with Crippen molar-refractivity contribution >= 4 is 11.9 Å².